The quantitative estimate of drug-likeness (QED) is 0.716. The third-order valence-corrected chi connectivity index (χ3v) is 3.30. The van der Waals surface area contributed by atoms with Gasteiger partial charge in [0.2, 0.25) is 11.8 Å². The molecule has 3 rings (SSSR count). The molecule has 8 heteroatoms. The summed E-state index contributed by atoms with van der Waals surface area (Å²) < 4.78 is 45.9. The zero-order valence-electron chi connectivity index (χ0n) is 13.1. The van der Waals surface area contributed by atoms with Crippen LogP contribution in [0.1, 0.15) is 18.9 Å². The van der Waals surface area contributed by atoms with Gasteiger partial charge in [0, 0.05) is 11.3 Å². The van der Waals surface area contributed by atoms with Crippen LogP contribution in [0, 0.1) is 0 Å². The molecule has 0 amide bonds. The van der Waals surface area contributed by atoms with Crippen LogP contribution in [0.3, 0.4) is 0 Å². The van der Waals surface area contributed by atoms with Crippen molar-refractivity contribution in [1.29, 1.82) is 0 Å². The van der Waals surface area contributed by atoms with Gasteiger partial charge in [0.05, 0.1) is 0 Å². The van der Waals surface area contributed by atoms with Crippen molar-refractivity contribution in [3.63, 3.8) is 0 Å². The number of nitrogens with one attached hydrogen (secondary N) is 1. The highest BCUT2D eigenvalue weighted by atomic mass is 19.4. The fourth-order valence-electron chi connectivity index (χ4n) is 2.17. The average molecular weight is 349 g/mol. The normalized spacial score (nSPS) is 12.6. The van der Waals surface area contributed by atoms with Gasteiger partial charge in [-0.05, 0) is 43.3 Å². The molecular formula is C17H14F3N3O2. The van der Waals surface area contributed by atoms with Gasteiger partial charge in [-0.2, -0.15) is 0 Å². The van der Waals surface area contributed by atoms with Crippen LogP contribution in [0.2, 0.25) is 0 Å². The van der Waals surface area contributed by atoms with Gasteiger partial charge in [0.1, 0.15) is 11.8 Å². The maximum absolute atomic E-state index is 12.2. The van der Waals surface area contributed by atoms with Crippen LogP contribution in [-0.2, 0) is 0 Å². The molecule has 0 aliphatic heterocycles. The number of rotatable bonds is 5. The molecule has 1 atom stereocenters. The average Bonchev–Trinajstić information content (AvgIpc) is 3.06. The Morgan fingerprint density at radius 1 is 1.00 bits per heavy atom. The van der Waals surface area contributed by atoms with Crippen molar-refractivity contribution in [2.75, 3.05) is 5.32 Å². The lowest BCUT2D eigenvalue weighted by atomic mass is 10.2. The van der Waals surface area contributed by atoms with Crippen molar-refractivity contribution in [2.45, 2.75) is 19.3 Å². The van der Waals surface area contributed by atoms with Crippen LogP contribution in [0.4, 0.5) is 18.9 Å². The first kappa shape index (κ1) is 16.8. The van der Waals surface area contributed by atoms with E-state index in [1.54, 1.807) is 0 Å². The summed E-state index contributed by atoms with van der Waals surface area (Å²) in [5.41, 5.74) is 1.41. The van der Waals surface area contributed by atoms with Crippen molar-refractivity contribution < 1.29 is 22.3 Å². The Balaban J connectivity index is 1.66. The predicted octanol–water partition coefficient (Wildman–Crippen LogP) is 4.81. The van der Waals surface area contributed by atoms with E-state index < -0.39 is 6.36 Å². The fourth-order valence-corrected chi connectivity index (χ4v) is 2.17. The summed E-state index contributed by atoms with van der Waals surface area (Å²) in [4.78, 5) is 0. The summed E-state index contributed by atoms with van der Waals surface area (Å²) in [7, 11) is 0. The molecular weight excluding hydrogens is 335 g/mol. The molecule has 1 N–H and O–H groups in total. The highest BCUT2D eigenvalue weighted by molar-refractivity contribution is 5.52. The minimum Gasteiger partial charge on any atom is -0.418 e. The SMILES string of the molecule is CC(Nc1ccc(OC(F)(F)F)cc1)c1nnc(-c2ccccc2)o1. The molecule has 2 aromatic carbocycles. The van der Waals surface area contributed by atoms with Gasteiger partial charge < -0.3 is 14.5 Å². The van der Waals surface area contributed by atoms with Gasteiger partial charge in [-0.3, -0.25) is 0 Å². The second-order valence-electron chi connectivity index (χ2n) is 5.25. The van der Waals surface area contributed by atoms with Crippen LogP contribution in [0.5, 0.6) is 5.75 Å². The van der Waals surface area contributed by atoms with Crippen molar-refractivity contribution >= 4 is 5.69 Å². The minimum atomic E-state index is -4.71. The molecule has 3 aromatic rings. The molecule has 1 heterocycles. The first-order valence-electron chi connectivity index (χ1n) is 7.42. The van der Waals surface area contributed by atoms with Gasteiger partial charge in [-0.15, -0.1) is 23.4 Å². The third-order valence-electron chi connectivity index (χ3n) is 3.30. The molecule has 5 nitrogen and oxygen atoms in total. The molecule has 0 aliphatic carbocycles. The second kappa shape index (κ2) is 6.84. The van der Waals surface area contributed by atoms with Crippen LogP contribution in [0.25, 0.3) is 11.5 Å². The summed E-state index contributed by atoms with van der Waals surface area (Å²) in [5.74, 6) is 0.488. The lowest BCUT2D eigenvalue weighted by Crippen LogP contribution is -2.17. The zero-order chi connectivity index (χ0) is 17.9. The molecule has 0 spiro atoms. The van der Waals surface area contributed by atoms with E-state index in [2.05, 4.69) is 20.3 Å². The predicted molar refractivity (Wildman–Crippen MR) is 84.9 cm³/mol. The molecule has 0 saturated carbocycles. The van der Waals surface area contributed by atoms with Gasteiger partial charge >= 0.3 is 6.36 Å². The Hall–Kier alpha value is -3.03. The largest absolute Gasteiger partial charge is 0.573 e. The minimum absolute atomic E-state index is 0.283. The Labute approximate surface area is 141 Å². The van der Waals surface area contributed by atoms with Crippen LogP contribution in [-0.4, -0.2) is 16.6 Å². The van der Waals surface area contributed by atoms with Crippen LogP contribution in [0.15, 0.2) is 59.0 Å². The molecule has 0 aliphatic rings. The zero-order valence-corrected chi connectivity index (χ0v) is 13.1. The topological polar surface area (TPSA) is 60.2 Å². The molecule has 0 radical (unpaired) electrons. The first-order chi connectivity index (χ1) is 11.9. The summed E-state index contributed by atoms with van der Waals surface area (Å²) in [5, 5.41) is 11.1. The molecule has 25 heavy (non-hydrogen) atoms. The van der Waals surface area contributed by atoms with E-state index in [0.29, 0.717) is 17.5 Å². The van der Waals surface area contributed by atoms with E-state index in [1.165, 1.54) is 24.3 Å². The molecule has 130 valence electrons. The van der Waals surface area contributed by atoms with E-state index in [9.17, 15) is 13.2 Å². The first-order valence-corrected chi connectivity index (χ1v) is 7.42. The maximum atomic E-state index is 12.2. The number of hydrogen-bond donors (Lipinski definition) is 1. The Bertz CT molecular complexity index is 817. The summed E-state index contributed by atoms with van der Waals surface area (Å²) in [6.45, 7) is 1.81. The molecule has 0 saturated heterocycles. The summed E-state index contributed by atoms with van der Waals surface area (Å²) in [6.07, 6.45) is -4.71. The van der Waals surface area contributed by atoms with Crippen molar-refractivity contribution in [2.24, 2.45) is 0 Å². The third kappa shape index (κ3) is 4.50. The van der Waals surface area contributed by atoms with Crippen molar-refractivity contribution in [1.82, 2.24) is 10.2 Å². The van der Waals surface area contributed by atoms with Gasteiger partial charge in [0.15, 0.2) is 0 Å². The van der Waals surface area contributed by atoms with Crippen molar-refractivity contribution in [3.05, 3.63) is 60.5 Å². The van der Waals surface area contributed by atoms with E-state index in [-0.39, 0.29) is 11.8 Å². The van der Waals surface area contributed by atoms with Gasteiger partial charge in [-0.1, -0.05) is 18.2 Å². The Morgan fingerprint density at radius 2 is 1.68 bits per heavy atom. The number of halogens is 3. The van der Waals surface area contributed by atoms with E-state index in [0.717, 1.165) is 5.56 Å². The standard InChI is InChI=1S/C17H14F3N3O2/c1-11(15-22-23-16(24-15)12-5-3-2-4-6-12)21-13-7-9-14(10-8-13)25-17(18,19)20/h2-11,21H,1H3. The molecule has 1 unspecified atom stereocenters. The lowest BCUT2D eigenvalue weighted by molar-refractivity contribution is -0.274. The molecule has 0 fully saturated rings. The highest BCUT2D eigenvalue weighted by Gasteiger charge is 2.31. The molecule has 0 bridgehead atoms. The number of aromatic nitrogens is 2. The number of benzene rings is 2. The number of alkyl halides is 3. The van der Waals surface area contributed by atoms with E-state index in [1.807, 2.05) is 37.3 Å². The van der Waals surface area contributed by atoms with Crippen LogP contribution >= 0.6 is 0 Å². The Morgan fingerprint density at radius 3 is 2.32 bits per heavy atom. The van der Waals surface area contributed by atoms with Gasteiger partial charge in [-0.25, -0.2) is 0 Å². The monoisotopic (exact) mass is 349 g/mol. The van der Waals surface area contributed by atoms with E-state index in [4.69, 9.17) is 4.42 Å². The van der Waals surface area contributed by atoms with Crippen molar-refractivity contribution in [3.8, 4) is 17.2 Å². The molecule has 1 aromatic heterocycles. The Kier molecular flexibility index (Phi) is 4.60. The number of hydrogen-bond acceptors (Lipinski definition) is 5. The second-order valence-corrected chi connectivity index (χ2v) is 5.25. The highest BCUT2D eigenvalue weighted by Crippen LogP contribution is 2.26. The van der Waals surface area contributed by atoms with E-state index >= 15 is 0 Å². The maximum Gasteiger partial charge on any atom is 0.573 e. The smallest absolute Gasteiger partial charge is 0.418 e. The van der Waals surface area contributed by atoms with Crippen LogP contribution < -0.4 is 10.1 Å². The number of nitrogens with zero attached hydrogens (tertiary/aromatic N) is 2. The number of ether oxygens (including phenoxy) is 1. The summed E-state index contributed by atoms with van der Waals surface area (Å²) in [6, 6.07) is 14.4. The number of anilines is 1. The van der Waals surface area contributed by atoms with Gasteiger partial charge in [0.25, 0.3) is 0 Å². The lowest BCUT2D eigenvalue weighted by Gasteiger charge is -2.13. The summed E-state index contributed by atoms with van der Waals surface area (Å²) >= 11 is 0. The fraction of sp³-hybridized carbons (Fsp3) is 0.176.